The largest absolute Gasteiger partial charge is 0.338 e. The zero-order valence-electron chi connectivity index (χ0n) is 10.1. The lowest BCUT2D eigenvalue weighted by Crippen LogP contribution is -2.36. The minimum absolute atomic E-state index is 0.722. The van der Waals surface area contributed by atoms with Crippen molar-refractivity contribution >= 4 is 0 Å². The lowest BCUT2D eigenvalue weighted by Gasteiger charge is -2.30. The molecule has 2 heterocycles. The Morgan fingerprint density at radius 2 is 2.19 bits per heavy atom. The first-order valence-electron chi connectivity index (χ1n) is 5.94. The molecule has 0 spiro atoms. The summed E-state index contributed by atoms with van der Waals surface area (Å²) in [5.41, 5.74) is 0. The minimum Gasteiger partial charge on any atom is -0.338 e. The van der Waals surface area contributed by atoms with E-state index in [1.54, 1.807) is 0 Å². The molecule has 1 N–H and O–H groups in total. The van der Waals surface area contributed by atoms with Gasteiger partial charge < -0.3 is 9.84 Å². The van der Waals surface area contributed by atoms with Gasteiger partial charge in [-0.15, -0.1) is 0 Å². The normalized spacial score (nSPS) is 19.1. The summed E-state index contributed by atoms with van der Waals surface area (Å²) in [6.07, 6.45) is 2.52. The van der Waals surface area contributed by atoms with Gasteiger partial charge >= 0.3 is 0 Å². The molecule has 1 saturated heterocycles. The molecule has 1 fully saturated rings. The number of rotatable bonds is 4. The van der Waals surface area contributed by atoms with E-state index in [1.807, 2.05) is 14.0 Å². The standard InChI is InChI=1S/C11H20N4O/c1-9-13-11(16-14-9)8-15-5-3-10(4-6-15)7-12-2/h10,12H,3-8H2,1-2H3. The summed E-state index contributed by atoms with van der Waals surface area (Å²) >= 11 is 0. The van der Waals surface area contributed by atoms with Crippen molar-refractivity contribution in [3.8, 4) is 0 Å². The molecule has 5 nitrogen and oxygen atoms in total. The van der Waals surface area contributed by atoms with Crippen LogP contribution in [0.1, 0.15) is 24.6 Å². The Bertz CT molecular complexity index is 318. The second-order valence-electron chi connectivity index (χ2n) is 4.51. The van der Waals surface area contributed by atoms with Gasteiger partial charge in [-0.25, -0.2) is 0 Å². The highest BCUT2D eigenvalue weighted by molar-refractivity contribution is 4.84. The third-order valence-corrected chi connectivity index (χ3v) is 3.13. The van der Waals surface area contributed by atoms with Crippen LogP contribution in [-0.4, -0.2) is 41.7 Å². The Balaban J connectivity index is 1.77. The molecule has 0 aliphatic carbocycles. The topological polar surface area (TPSA) is 54.2 Å². The van der Waals surface area contributed by atoms with Crippen LogP contribution in [0.2, 0.25) is 0 Å². The van der Waals surface area contributed by atoms with Gasteiger partial charge in [-0.1, -0.05) is 5.16 Å². The van der Waals surface area contributed by atoms with Gasteiger partial charge in [0.25, 0.3) is 0 Å². The monoisotopic (exact) mass is 224 g/mol. The van der Waals surface area contributed by atoms with Crippen LogP contribution >= 0.6 is 0 Å². The first-order valence-corrected chi connectivity index (χ1v) is 5.94. The van der Waals surface area contributed by atoms with Gasteiger partial charge in [-0.05, 0) is 52.4 Å². The van der Waals surface area contributed by atoms with Gasteiger partial charge in [-0.2, -0.15) is 4.98 Å². The van der Waals surface area contributed by atoms with E-state index in [4.69, 9.17) is 4.52 Å². The van der Waals surface area contributed by atoms with Crippen LogP contribution in [0.5, 0.6) is 0 Å². The number of nitrogens with zero attached hydrogens (tertiary/aromatic N) is 3. The van der Waals surface area contributed by atoms with E-state index in [0.29, 0.717) is 0 Å². The molecule has 0 bridgehead atoms. The number of piperidine rings is 1. The third kappa shape index (κ3) is 3.02. The van der Waals surface area contributed by atoms with Crippen LogP contribution in [-0.2, 0) is 6.54 Å². The first-order chi connectivity index (χ1) is 7.78. The second kappa shape index (κ2) is 5.41. The average Bonchev–Trinajstić information content (AvgIpc) is 2.67. The lowest BCUT2D eigenvalue weighted by molar-refractivity contribution is 0.158. The van der Waals surface area contributed by atoms with Gasteiger partial charge in [-0.3, -0.25) is 4.90 Å². The van der Waals surface area contributed by atoms with E-state index < -0.39 is 0 Å². The minimum atomic E-state index is 0.722. The van der Waals surface area contributed by atoms with E-state index in [1.165, 1.54) is 12.8 Å². The molecule has 1 aromatic heterocycles. The molecule has 5 heteroatoms. The van der Waals surface area contributed by atoms with Crippen LogP contribution in [0.3, 0.4) is 0 Å². The Labute approximate surface area is 96.2 Å². The molecule has 0 atom stereocenters. The average molecular weight is 224 g/mol. The quantitative estimate of drug-likeness (QED) is 0.820. The maximum absolute atomic E-state index is 5.13. The number of hydrogen-bond donors (Lipinski definition) is 1. The van der Waals surface area contributed by atoms with Crippen LogP contribution < -0.4 is 5.32 Å². The Kier molecular flexibility index (Phi) is 3.90. The lowest BCUT2D eigenvalue weighted by atomic mass is 9.97. The number of aryl methyl sites for hydroxylation is 1. The molecule has 2 rings (SSSR count). The SMILES string of the molecule is CNCC1CCN(Cc2nc(C)no2)CC1. The van der Waals surface area contributed by atoms with Crippen molar-refractivity contribution in [3.05, 3.63) is 11.7 Å². The van der Waals surface area contributed by atoms with Crippen molar-refractivity contribution in [2.45, 2.75) is 26.3 Å². The highest BCUT2D eigenvalue weighted by atomic mass is 16.5. The number of nitrogens with one attached hydrogen (secondary N) is 1. The van der Waals surface area contributed by atoms with Crippen LogP contribution in [0.15, 0.2) is 4.52 Å². The predicted octanol–water partition coefficient (Wildman–Crippen LogP) is 0.809. The maximum Gasteiger partial charge on any atom is 0.240 e. The van der Waals surface area contributed by atoms with Crippen LogP contribution in [0.4, 0.5) is 0 Å². The number of hydrogen-bond acceptors (Lipinski definition) is 5. The van der Waals surface area contributed by atoms with Crippen LogP contribution in [0, 0.1) is 12.8 Å². The van der Waals surface area contributed by atoms with Crippen molar-refractivity contribution in [1.82, 2.24) is 20.4 Å². The van der Waals surface area contributed by atoms with E-state index in [9.17, 15) is 0 Å². The summed E-state index contributed by atoms with van der Waals surface area (Å²) in [6, 6.07) is 0. The van der Waals surface area contributed by atoms with Gasteiger partial charge in [0.2, 0.25) is 5.89 Å². The van der Waals surface area contributed by atoms with Crippen molar-refractivity contribution in [2.24, 2.45) is 5.92 Å². The molecular formula is C11H20N4O. The highest BCUT2D eigenvalue weighted by Gasteiger charge is 2.19. The smallest absolute Gasteiger partial charge is 0.240 e. The van der Waals surface area contributed by atoms with Crippen LogP contribution in [0.25, 0.3) is 0 Å². The molecule has 1 aliphatic heterocycles. The van der Waals surface area contributed by atoms with Gasteiger partial charge in [0, 0.05) is 0 Å². The number of likely N-dealkylation sites (tertiary alicyclic amines) is 1. The first kappa shape index (κ1) is 11.5. The fraction of sp³-hybridized carbons (Fsp3) is 0.818. The summed E-state index contributed by atoms with van der Waals surface area (Å²) in [5, 5.41) is 7.05. The zero-order valence-corrected chi connectivity index (χ0v) is 10.1. The number of aromatic nitrogens is 2. The van der Waals surface area contributed by atoms with E-state index in [0.717, 1.165) is 43.8 Å². The highest BCUT2D eigenvalue weighted by Crippen LogP contribution is 2.17. The molecule has 0 amide bonds. The fourth-order valence-electron chi connectivity index (χ4n) is 2.23. The second-order valence-corrected chi connectivity index (χ2v) is 4.51. The summed E-state index contributed by atoms with van der Waals surface area (Å²) in [4.78, 5) is 6.62. The molecule has 1 aliphatic rings. The van der Waals surface area contributed by atoms with Crippen molar-refractivity contribution in [3.63, 3.8) is 0 Å². The Morgan fingerprint density at radius 1 is 1.44 bits per heavy atom. The molecule has 0 aromatic carbocycles. The summed E-state index contributed by atoms with van der Waals surface area (Å²) in [5.74, 6) is 2.29. The summed E-state index contributed by atoms with van der Waals surface area (Å²) in [7, 11) is 2.02. The molecule has 16 heavy (non-hydrogen) atoms. The van der Waals surface area contributed by atoms with E-state index in [2.05, 4.69) is 20.4 Å². The van der Waals surface area contributed by atoms with Crippen molar-refractivity contribution < 1.29 is 4.52 Å². The summed E-state index contributed by atoms with van der Waals surface area (Å²) < 4.78 is 5.13. The fourth-order valence-corrected chi connectivity index (χ4v) is 2.23. The van der Waals surface area contributed by atoms with Crippen molar-refractivity contribution in [1.29, 1.82) is 0 Å². The van der Waals surface area contributed by atoms with Crippen molar-refractivity contribution in [2.75, 3.05) is 26.7 Å². The zero-order chi connectivity index (χ0) is 11.4. The predicted molar refractivity (Wildman–Crippen MR) is 61.0 cm³/mol. The van der Waals surface area contributed by atoms with E-state index in [-0.39, 0.29) is 0 Å². The molecule has 90 valence electrons. The van der Waals surface area contributed by atoms with Gasteiger partial charge in [0.15, 0.2) is 5.82 Å². The van der Waals surface area contributed by atoms with Gasteiger partial charge in [0.1, 0.15) is 0 Å². The Hall–Kier alpha value is -0.940. The third-order valence-electron chi connectivity index (χ3n) is 3.13. The summed E-state index contributed by atoms with van der Waals surface area (Å²) in [6.45, 7) is 6.05. The maximum atomic E-state index is 5.13. The molecule has 0 saturated carbocycles. The molecule has 0 radical (unpaired) electrons. The molecular weight excluding hydrogens is 204 g/mol. The molecule has 1 aromatic rings. The van der Waals surface area contributed by atoms with Gasteiger partial charge in [0.05, 0.1) is 6.54 Å². The van der Waals surface area contributed by atoms with E-state index >= 15 is 0 Å². The molecule has 0 unspecified atom stereocenters. The Morgan fingerprint density at radius 3 is 2.75 bits per heavy atom.